The third-order valence-electron chi connectivity index (χ3n) is 1.27. The molecule has 0 spiro atoms. The molecule has 0 saturated carbocycles. The molecule has 1 nitrogen and oxygen atoms in total. The van der Waals surface area contributed by atoms with Gasteiger partial charge in [-0.3, -0.25) is 0 Å². The van der Waals surface area contributed by atoms with Gasteiger partial charge in [-0.05, 0) is 6.04 Å². The van der Waals surface area contributed by atoms with Crippen LogP contribution in [0.15, 0.2) is 24.6 Å². The molecule has 2 heteroatoms. The Morgan fingerprint density at radius 2 is 1.88 bits per heavy atom. The first-order valence-electron chi connectivity index (χ1n) is 2.68. The van der Waals surface area contributed by atoms with Crippen molar-refractivity contribution in [2.75, 3.05) is 0 Å². The summed E-state index contributed by atoms with van der Waals surface area (Å²) >= 11 is 0. The van der Waals surface area contributed by atoms with E-state index in [0.717, 1.165) is 6.04 Å². The number of hydrogen-bond donors (Lipinski definition) is 1. The summed E-state index contributed by atoms with van der Waals surface area (Å²) in [6.45, 7) is 8.97. The molecule has 0 saturated heterocycles. The third kappa shape index (κ3) is 1.64. The molecule has 8 heavy (non-hydrogen) atoms. The van der Waals surface area contributed by atoms with Crippen molar-refractivity contribution in [3.05, 3.63) is 24.6 Å². The monoisotopic (exact) mass is 128 g/mol. The standard InChI is InChI=1S/C6H12OSi/c1-4-8(7,5-2)6-3/h4-5,7H,1-2,6H2,3H3. The van der Waals surface area contributed by atoms with Gasteiger partial charge in [0, 0.05) is 0 Å². The van der Waals surface area contributed by atoms with Gasteiger partial charge in [0.25, 0.3) is 0 Å². The molecule has 0 aliphatic carbocycles. The van der Waals surface area contributed by atoms with Gasteiger partial charge in [-0.15, -0.1) is 13.2 Å². The summed E-state index contributed by atoms with van der Waals surface area (Å²) in [6.07, 6.45) is 0. The first-order chi connectivity index (χ1) is 3.68. The maximum Gasteiger partial charge on any atom is 0.236 e. The van der Waals surface area contributed by atoms with Crippen LogP contribution in [0.1, 0.15) is 6.92 Å². The number of rotatable bonds is 3. The van der Waals surface area contributed by atoms with E-state index in [0.29, 0.717) is 0 Å². The van der Waals surface area contributed by atoms with Crippen LogP contribution in [0.5, 0.6) is 0 Å². The molecule has 0 amide bonds. The Bertz CT molecular complexity index is 90.7. The summed E-state index contributed by atoms with van der Waals surface area (Å²) in [5, 5.41) is 0. The summed E-state index contributed by atoms with van der Waals surface area (Å²) in [6, 6.07) is 0.778. The van der Waals surface area contributed by atoms with Crippen molar-refractivity contribution in [1.29, 1.82) is 0 Å². The van der Waals surface area contributed by atoms with Gasteiger partial charge in [0.1, 0.15) is 0 Å². The Morgan fingerprint density at radius 1 is 1.50 bits per heavy atom. The second-order valence-electron chi connectivity index (χ2n) is 1.75. The largest absolute Gasteiger partial charge is 0.425 e. The lowest BCUT2D eigenvalue weighted by atomic mass is 11.0. The average molecular weight is 128 g/mol. The fraction of sp³-hybridized carbons (Fsp3) is 0.333. The van der Waals surface area contributed by atoms with E-state index >= 15 is 0 Å². The van der Waals surface area contributed by atoms with Crippen LogP contribution >= 0.6 is 0 Å². The second-order valence-corrected chi connectivity index (χ2v) is 5.26. The second kappa shape index (κ2) is 2.84. The van der Waals surface area contributed by atoms with Crippen molar-refractivity contribution in [3.63, 3.8) is 0 Å². The van der Waals surface area contributed by atoms with Crippen LogP contribution in [0.4, 0.5) is 0 Å². The van der Waals surface area contributed by atoms with Crippen LogP contribution in [0, 0.1) is 0 Å². The van der Waals surface area contributed by atoms with Crippen LogP contribution in [-0.2, 0) is 0 Å². The van der Waals surface area contributed by atoms with E-state index in [4.69, 9.17) is 0 Å². The highest BCUT2D eigenvalue weighted by atomic mass is 28.4. The highest BCUT2D eigenvalue weighted by Gasteiger charge is 2.18. The Balaban J connectivity index is 3.96. The molecule has 0 unspecified atom stereocenters. The molecule has 0 aromatic rings. The normalized spacial score (nSPS) is 10.8. The van der Waals surface area contributed by atoms with Gasteiger partial charge < -0.3 is 4.80 Å². The number of hydrogen-bond acceptors (Lipinski definition) is 1. The van der Waals surface area contributed by atoms with Gasteiger partial charge in [-0.25, -0.2) is 0 Å². The Morgan fingerprint density at radius 3 is 1.88 bits per heavy atom. The fourth-order valence-electron chi connectivity index (χ4n) is 0.372. The Labute approximate surface area is 51.5 Å². The first-order valence-corrected chi connectivity index (χ1v) is 4.99. The molecule has 0 atom stereocenters. The molecule has 0 aromatic carbocycles. The van der Waals surface area contributed by atoms with Crippen molar-refractivity contribution >= 4 is 8.32 Å². The molecule has 0 aromatic heterocycles. The van der Waals surface area contributed by atoms with E-state index in [1.165, 1.54) is 0 Å². The van der Waals surface area contributed by atoms with Crippen LogP contribution in [0.3, 0.4) is 0 Å². The molecule has 0 bridgehead atoms. The Hall–Kier alpha value is -0.343. The van der Waals surface area contributed by atoms with Crippen molar-refractivity contribution in [2.45, 2.75) is 13.0 Å². The molecule has 1 N–H and O–H groups in total. The van der Waals surface area contributed by atoms with Gasteiger partial charge >= 0.3 is 0 Å². The minimum Gasteiger partial charge on any atom is -0.425 e. The summed E-state index contributed by atoms with van der Waals surface area (Å²) in [5.41, 5.74) is 3.25. The zero-order chi connectivity index (χ0) is 6.62. The minimum atomic E-state index is -2.14. The van der Waals surface area contributed by atoms with E-state index in [2.05, 4.69) is 13.2 Å². The molecule has 0 rings (SSSR count). The Kier molecular flexibility index (Phi) is 2.72. The van der Waals surface area contributed by atoms with Crippen molar-refractivity contribution < 1.29 is 4.80 Å². The lowest BCUT2D eigenvalue weighted by molar-refractivity contribution is 0.565. The van der Waals surface area contributed by atoms with Crippen molar-refractivity contribution in [2.24, 2.45) is 0 Å². The highest BCUT2D eigenvalue weighted by Crippen LogP contribution is 2.05. The predicted molar refractivity (Wildman–Crippen MR) is 38.8 cm³/mol. The average Bonchev–Trinajstić information content (AvgIpc) is 1.87. The van der Waals surface area contributed by atoms with E-state index in [1.54, 1.807) is 11.4 Å². The molecule has 0 heterocycles. The lowest BCUT2D eigenvalue weighted by Gasteiger charge is -2.11. The zero-order valence-electron chi connectivity index (χ0n) is 5.22. The van der Waals surface area contributed by atoms with E-state index in [-0.39, 0.29) is 0 Å². The van der Waals surface area contributed by atoms with Crippen LogP contribution in [-0.4, -0.2) is 13.1 Å². The van der Waals surface area contributed by atoms with Gasteiger partial charge in [-0.1, -0.05) is 18.3 Å². The van der Waals surface area contributed by atoms with Crippen LogP contribution < -0.4 is 0 Å². The quantitative estimate of drug-likeness (QED) is 0.569. The van der Waals surface area contributed by atoms with Crippen LogP contribution in [0.25, 0.3) is 0 Å². The van der Waals surface area contributed by atoms with Gasteiger partial charge in [-0.2, -0.15) is 0 Å². The van der Waals surface area contributed by atoms with E-state index in [1.807, 2.05) is 6.92 Å². The lowest BCUT2D eigenvalue weighted by Crippen LogP contribution is -2.27. The molecular formula is C6H12OSi. The smallest absolute Gasteiger partial charge is 0.236 e. The molecule has 0 aliphatic heterocycles. The fourth-order valence-corrected chi connectivity index (χ4v) is 1.12. The van der Waals surface area contributed by atoms with Crippen molar-refractivity contribution in [1.82, 2.24) is 0 Å². The summed E-state index contributed by atoms with van der Waals surface area (Å²) in [7, 11) is -2.14. The molecule has 0 radical (unpaired) electrons. The van der Waals surface area contributed by atoms with E-state index in [9.17, 15) is 4.80 Å². The first kappa shape index (κ1) is 7.66. The molecule has 0 fully saturated rings. The highest BCUT2D eigenvalue weighted by molar-refractivity contribution is 6.81. The molecule has 0 aliphatic rings. The predicted octanol–water partition coefficient (Wildman–Crippen LogP) is 1.39. The minimum absolute atomic E-state index is 0.778. The van der Waals surface area contributed by atoms with Crippen molar-refractivity contribution in [3.8, 4) is 0 Å². The SMILES string of the molecule is C=C[Si](O)(C=C)CC. The van der Waals surface area contributed by atoms with E-state index < -0.39 is 8.32 Å². The van der Waals surface area contributed by atoms with Gasteiger partial charge in [0.15, 0.2) is 0 Å². The summed E-state index contributed by atoms with van der Waals surface area (Å²) in [4.78, 5) is 9.34. The molecule has 46 valence electrons. The van der Waals surface area contributed by atoms with Gasteiger partial charge in [0.05, 0.1) is 0 Å². The van der Waals surface area contributed by atoms with Crippen LogP contribution in [0.2, 0.25) is 6.04 Å². The zero-order valence-corrected chi connectivity index (χ0v) is 6.22. The third-order valence-corrected chi connectivity index (χ3v) is 3.82. The topological polar surface area (TPSA) is 20.2 Å². The maximum atomic E-state index is 9.34. The molecular weight excluding hydrogens is 116 g/mol. The maximum absolute atomic E-state index is 9.34. The summed E-state index contributed by atoms with van der Waals surface area (Å²) < 4.78 is 0. The summed E-state index contributed by atoms with van der Waals surface area (Å²) in [5.74, 6) is 0. The van der Waals surface area contributed by atoms with Gasteiger partial charge in [0.2, 0.25) is 8.32 Å².